The summed E-state index contributed by atoms with van der Waals surface area (Å²) in [6.07, 6.45) is 0. The quantitative estimate of drug-likeness (QED) is 0.227. The number of halogens is 1. The molecule has 2 amide bonds. The maximum absolute atomic E-state index is 12.7. The molecule has 4 rings (SSSR count). The number of carbonyl (C=O) groups excluding carboxylic acids is 2. The van der Waals surface area contributed by atoms with Gasteiger partial charge in [-0.2, -0.15) is 0 Å². The van der Waals surface area contributed by atoms with Crippen molar-refractivity contribution in [2.45, 2.75) is 10.4 Å². The van der Waals surface area contributed by atoms with Gasteiger partial charge >= 0.3 is 0 Å². The summed E-state index contributed by atoms with van der Waals surface area (Å²) in [4.78, 5) is 25.2. The molecule has 0 radical (unpaired) electrons. The second-order valence-corrected chi connectivity index (χ2v) is 9.97. The van der Waals surface area contributed by atoms with E-state index >= 15 is 0 Å². The van der Waals surface area contributed by atoms with Crippen LogP contribution in [0.3, 0.4) is 0 Å². The minimum atomic E-state index is -0.276. The SMILES string of the molecule is O=C(CSc1nnc(NC(=O)c2ccccc2Br)s1)NC(c1ccccc1)c1ccccc1. The van der Waals surface area contributed by atoms with E-state index in [-0.39, 0.29) is 23.6 Å². The predicted octanol–water partition coefficient (Wildman–Crippen LogP) is 5.55. The second kappa shape index (κ2) is 11.2. The first kappa shape index (κ1) is 23.2. The molecule has 0 atom stereocenters. The smallest absolute Gasteiger partial charge is 0.258 e. The number of hydrogen-bond donors (Lipinski definition) is 2. The molecule has 0 aliphatic rings. The zero-order valence-electron chi connectivity index (χ0n) is 17.3. The molecule has 0 saturated carbocycles. The summed E-state index contributed by atoms with van der Waals surface area (Å²) in [6.45, 7) is 0. The maximum atomic E-state index is 12.7. The standard InChI is InChI=1S/C24H19BrN4O2S2/c25-19-14-8-7-13-18(19)22(31)27-23-28-29-24(33-23)32-15-20(30)26-21(16-9-3-1-4-10-16)17-11-5-2-6-12-17/h1-14,21H,15H2,(H,26,30)(H,27,28,31). The van der Waals surface area contributed by atoms with Gasteiger partial charge in [-0.25, -0.2) is 0 Å². The maximum Gasteiger partial charge on any atom is 0.258 e. The molecular weight excluding hydrogens is 520 g/mol. The third-order valence-corrected chi connectivity index (χ3v) is 7.31. The van der Waals surface area contributed by atoms with Gasteiger partial charge in [-0.05, 0) is 39.2 Å². The minimum absolute atomic E-state index is 0.119. The lowest BCUT2D eigenvalue weighted by atomic mass is 9.99. The number of hydrogen-bond acceptors (Lipinski definition) is 6. The van der Waals surface area contributed by atoms with Gasteiger partial charge in [0.05, 0.1) is 17.4 Å². The van der Waals surface area contributed by atoms with Crippen LogP contribution in [0.25, 0.3) is 0 Å². The summed E-state index contributed by atoms with van der Waals surface area (Å²) in [5.74, 6) is -0.212. The number of anilines is 1. The highest BCUT2D eigenvalue weighted by Gasteiger charge is 2.18. The summed E-state index contributed by atoms with van der Waals surface area (Å²) < 4.78 is 1.30. The second-order valence-electron chi connectivity index (χ2n) is 6.92. The van der Waals surface area contributed by atoms with Crippen LogP contribution in [0.1, 0.15) is 27.5 Å². The van der Waals surface area contributed by atoms with Gasteiger partial charge in [0, 0.05) is 4.47 Å². The van der Waals surface area contributed by atoms with Crippen molar-refractivity contribution in [1.82, 2.24) is 15.5 Å². The Balaban J connectivity index is 1.36. The van der Waals surface area contributed by atoms with Crippen LogP contribution in [0.5, 0.6) is 0 Å². The molecule has 0 spiro atoms. The van der Waals surface area contributed by atoms with E-state index in [4.69, 9.17) is 0 Å². The van der Waals surface area contributed by atoms with Crippen molar-refractivity contribution in [2.24, 2.45) is 0 Å². The van der Waals surface area contributed by atoms with E-state index in [1.54, 1.807) is 18.2 Å². The highest BCUT2D eigenvalue weighted by atomic mass is 79.9. The highest BCUT2D eigenvalue weighted by molar-refractivity contribution is 9.10. The van der Waals surface area contributed by atoms with Crippen LogP contribution < -0.4 is 10.6 Å². The first-order valence-electron chi connectivity index (χ1n) is 10.0. The average Bonchev–Trinajstić information content (AvgIpc) is 3.29. The Morgan fingerprint density at radius 1 is 0.879 bits per heavy atom. The van der Waals surface area contributed by atoms with Gasteiger partial charge in [-0.3, -0.25) is 14.9 Å². The van der Waals surface area contributed by atoms with Gasteiger partial charge in [0.15, 0.2) is 4.34 Å². The normalized spacial score (nSPS) is 10.7. The number of carbonyl (C=O) groups is 2. The molecule has 166 valence electrons. The number of benzene rings is 3. The molecule has 9 heteroatoms. The van der Waals surface area contributed by atoms with Crippen LogP contribution in [0.2, 0.25) is 0 Å². The molecule has 6 nitrogen and oxygen atoms in total. The van der Waals surface area contributed by atoms with Gasteiger partial charge in [-0.15, -0.1) is 10.2 Å². The van der Waals surface area contributed by atoms with Crippen molar-refractivity contribution < 1.29 is 9.59 Å². The Hall–Kier alpha value is -3.01. The molecular formula is C24H19BrN4O2S2. The van der Waals surface area contributed by atoms with Crippen LogP contribution in [-0.2, 0) is 4.79 Å². The lowest BCUT2D eigenvalue weighted by Gasteiger charge is -2.19. The number of rotatable bonds is 8. The van der Waals surface area contributed by atoms with Gasteiger partial charge in [0.1, 0.15) is 0 Å². The summed E-state index contributed by atoms with van der Waals surface area (Å²) in [5, 5.41) is 14.3. The van der Waals surface area contributed by atoms with Crippen molar-refractivity contribution in [3.8, 4) is 0 Å². The Bertz CT molecular complexity index is 1200. The van der Waals surface area contributed by atoms with E-state index < -0.39 is 0 Å². The Labute approximate surface area is 208 Å². The van der Waals surface area contributed by atoms with E-state index in [9.17, 15) is 9.59 Å². The zero-order chi connectivity index (χ0) is 23.0. The Kier molecular flexibility index (Phi) is 7.87. The average molecular weight is 539 g/mol. The fraction of sp³-hybridized carbons (Fsp3) is 0.0833. The van der Waals surface area contributed by atoms with Crippen LogP contribution in [0, 0.1) is 0 Å². The van der Waals surface area contributed by atoms with Crippen LogP contribution in [-0.4, -0.2) is 27.8 Å². The molecule has 0 aliphatic heterocycles. The van der Waals surface area contributed by atoms with Gasteiger partial charge < -0.3 is 5.32 Å². The monoisotopic (exact) mass is 538 g/mol. The fourth-order valence-corrected chi connectivity index (χ4v) is 5.13. The Morgan fingerprint density at radius 3 is 2.12 bits per heavy atom. The van der Waals surface area contributed by atoms with E-state index in [0.717, 1.165) is 11.1 Å². The first-order valence-corrected chi connectivity index (χ1v) is 12.6. The van der Waals surface area contributed by atoms with E-state index in [1.165, 1.54) is 23.1 Å². The number of aromatic nitrogens is 2. The molecule has 0 fully saturated rings. The first-order chi connectivity index (χ1) is 16.1. The van der Waals surface area contributed by atoms with Crippen LogP contribution >= 0.6 is 39.0 Å². The lowest BCUT2D eigenvalue weighted by Crippen LogP contribution is -2.30. The molecule has 0 bridgehead atoms. The minimum Gasteiger partial charge on any atom is -0.344 e. The van der Waals surface area contributed by atoms with E-state index in [1.807, 2.05) is 66.7 Å². The summed E-state index contributed by atoms with van der Waals surface area (Å²) in [6, 6.07) is 26.6. The number of nitrogens with one attached hydrogen (secondary N) is 2. The molecule has 2 N–H and O–H groups in total. The third-order valence-electron chi connectivity index (χ3n) is 4.64. The van der Waals surface area contributed by atoms with Crippen molar-refractivity contribution >= 4 is 56.0 Å². The highest BCUT2D eigenvalue weighted by Crippen LogP contribution is 2.27. The number of thioether (sulfide) groups is 1. The van der Waals surface area contributed by atoms with Gasteiger partial charge in [0.2, 0.25) is 11.0 Å². The van der Waals surface area contributed by atoms with Gasteiger partial charge in [0.25, 0.3) is 5.91 Å². The molecule has 1 heterocycles. The molecule has 3 aromatic carbocycles. The molecule has 0 aliphatic carbocycles. The van der Waals surface area contributed by atoms with Crippen molar-refractivity contribution in [3.63, 3.8) is 0 Å². The van der Waals surface area contributed by atoms with Gasteiger partial charge in [-0.1, -0.05) is 95.9 Å². The molecule has 33 heavy (non-hydrogen) atoms. The van der Waals surface area contributed by atoms with Crippen molar-refractivity contribution in [3.05, 3.63) is 106 Å². The van der Waals surface area contributed by atoms with Crippen molar-refractivity contribution in [1.29, 1.82) is 0 Å². The molecule has 1 aromatic heterocycles. The van der Waals surface area contributed by atoms with E-state index in [2.05, 4.69) is 36.8 Å². The van der Waals surface area contributed by atoms with Crippen molar-refractivity contribution in [2.75, 3.05) is 11.1 Å². The lowest BCUT2D eigenvalue weighted by molar-refractivity contribution is -0.119. The number of amides is 2. The molecule has 0 unspecified atom stereocenters. The summed E-state index contributed by atoms with van der Waals surface area (Å²) >= 11 is 5.88. The largest absolute Gasteiger partial charge is 0.344 e. The fourth-order valence-electron chi connectivity index (χ4n) is 3.11. The number of nitrogens with zero attached hydrogens (tertiary/aromatic N) is 2. The molecule has 4 aromatic rings. The van der Waals surface area contributed by atoms with Crippen LogP contribution in [0.15, 0.2) is 93.7 Å². The molecule has 0 saturated heterocycles. The third kappa shape index (κ3) is 6.28. The summed E-state index contributed by atoms with van der Waals surface area (Å²) in [7, 11) is 0. The summed E-state index contributed by atoms with van der Waals surface area (Å²) in [5.41, 5.74) is 2.53. The predicted molar refractivity (Wildman–Crippen MR) is 136 cm³/mol. The van der Waals surface area contributed by atoms with Crippen LogP contribution in [0.4, 0.5) is 5.13 Å². The van der Waals surface area contributed by atoms with E-state index in [0.29, 0.717) is 19.5 Å². The topological polar surface area (TPSA) is 84.0 Å². The Morgan fingerprint density at radius 2 is 1.48 bits per heavy atom. The zero-order valence-corrected chi connectivity index (χ0v) is 20.5.